The van der Waals surface area contributed by atoms with Gasteiger partial charge in [0.25, 0.3) is 5.56 Å². The van der Waals surface area contributed by atoms with Crippen molar-refractivity contribution >= 4 is 5.71 Å². The normalized spacial score (nSPS) is 12.7. The Balaban J connectivity index is 2.05. The van der Waals surface area contributed by atoms with E-state index >= 15 is 4.39 Å². The number of rotatable bonds is 2. The zero-order chi connectivity index (χ0) is 19.1. The van der Waals surface area contributed by atoms with Crippen molar-refractivity contribution in [3.05, 3.63) is 87.3 Å². The zero-order valence-electron chi connectivity index (χ0n) is 14.8. The van der Waals surface area contributed by atoms with Crippen LogP contribution in [0.4, 0.5) is 8.78 Å². The number of methoxy groups -OCH3 is 1. The van der Waals surface area contributed by atoms with Crippen LogP contribution < -0.4 is 10.3 Å². The number of aromatic nitrogens is 1. The third-order valence-corrected chi connectivity index (χ3v) is 4.69. The molecule has 0 saturated carbocycles. The highest BCUT2D eigenvalue weighted by Crippen LogP contribution is 2.36. The van der Waals surface area contributed by atoms with Gasteiger partial charge in [0.05, 0.1) is 19.4 Å². The maximum Gasteiger partial charge on any atom is 0.250 e. The molecule has 0 N–H and O–H groups in total. The minimum absolute atomic E-state index is 0.0943. The third kappa shape index (κ3) is 2.83. The molecule has 3 aromatic rings. The number of hydrogen-bond donors (Lipinski definition) is 0. The summed E-state index contributed by atoms with van der Waals surface area (Å²) in [6.45, 7) is 0.217. The summed E-state index contributed by atoms with van der Waals surface area (Å²) < 4.78 is 35.2. The molecule has 1 aliphatic heterocycles. The van der Waals surface area contributed by atoms with Crippen molar-refractivity contribution in [2.24, 2.45) is 12.0 Å². The first-order chi connectivity index (χ1) is 13.0. The van der Waals surface area contributed by atoms with Gasteiger partial charge in [-0.3, -0.25) is 9.79 Å². The fourth-order valence-corrected chi connectivity index (χ4v) is 3.30. The monoisotopic (exact) mass is 366 g/mol. The van der Waals surface area contributed by atoms with Gasteiger partial charge in [0, 0.05) is 36.0 Å². The first-order valence-electron chi connectivity index (χ1n) is 8.36. The van der Waals surface area contributed by atoms with Gasteiger partial charge in [-0.15, -0.1) is 0 Å². The fourth-order valence-electron chi connectivity index (χ4n) is 3.30. The van der Waals surface area contributed by atoms with Gasteiger partial charge in [0.2, 0.25) is 0 Å². The van der Waals surface area contributed by atoms with E-state index < -0.39 is 5.82 Å². The molecule has 0 unspecified atom stereocenters. The molecule has 0 bridgehead atoms. The van der Waals surface area contributed by atoms with E-state index in [0.717, 1.165) is 5.56 Å². The SMILES string of the molecule is COc1ccc2c(c1F)C(c1ccc(F)cc1)=NCc1cc(=O)n(C)cc1-2. The van der Waals surface area contributed by atoms with E-state index in [1.807, 2.05) is 0 Å². The quantitative estimate of drug-likeness (QED) is 0.694. The molecule has 27 heavy (non-hydrogen) atoms. The van der Waals surface area contributed by atoms with Crippen molar-refractivity contribution in [1.82, 2.24) is 4.57 Å². The highest BCUT2D eigenvalue weighted by Gasteiger charge is 2.25. The van der Waals surface area contributed by atoms with Crippen molar-refractivity contribution < 1.29 is 13.5 Å². The Morgan fingerprint density at radius 1 is 1.07 bits per heavy atom. The number of aliphatic imine (C=N–C) groups is 1. The maximum atomic E-state index is 15.3. The van der Waals surface area contributed by atoms with Crippen LogP contribution in [-0.4, -0.2) is 17.4 Å². The molecule has 0 atom stereocenters. The van der Waals surface area contributed by atoms with Crippen molar-refractivity contribution in [1.29, 1.82) is 0 Å². The van der Waals surface area contributed by atoms with Gasteiger partial charge >= 0.3 is 0 Å². The second-order valence-corrected chi connectivity index (χ2v) is 6.34. The van der Waals surface area contributed by atoms with Gasteiger partial charge in [-0.2, -0.15) is 0 Å². The standard InChI is InChI=1S/C21H16F2N2O2/c1-25-11-16-13(9-18(25)26)10-24-21(12-3-5-14(22)6-4-12)19-15(16)7-8-17(27-2)20(19)23/h3-9,11H,10H2,1-2H3. The smallest absolute Gasteiger partial charge is 0.250 e. The van der Waals surface area contributed by atoms with Gasteiger partial charge in [0.1, 0.15) is 5.82 Å². The Morgan fingerprint density at radius 3 is 2.52 bits per heavy atom. The van der Waals surface area contributed by atoms with Crippen LogP contribution in [0.3, 0.4) is 0 Å². The summed E-state index contributed by atoms with van der Waals surface area (Å²) in [5.74, 6) is -0.831. The molecular weight excluding hydrogens is 350 g/mol. The van der Waals surface area contributed by atoms with E-state index in [1.165, 1.54) is 29.9 Å². The zero-order valence-corrected chi connectivity index (χ0v) is 14.8. The van der Waals surface area contributed by atoms with Gasteiger partial charge in [-0.25, -0.2) is 8.78 Å². The Labute approximate surface area is 154 Å². The number of ether oxygens (including phenoxy) is 1. The van der Waals surface area contributed by atoms with Crippen LogP contribution in [0.1, 0.15) is 16.7 Å². The lowest BCUT2D eigenvalue weighted by molar-refractivity contribution is 0.386. The van der Waals surface area contributed by atoms with Gasteiger partial charge in [-0.1, -0.05) is 0 Å². The van der Waals surface area contributed by atoms with Crippen molar-refractivity contribution in [2.45, 2.75) is 6.54 Å². The lowest BCUT2D eigenvalue weighted by Gasteiger charge is -2.15. The summed E-state index contributed by atoms with van der Waals surface area (Å²) in [6.07, 6.45) is 1.69. The van der Waals surface area contributed by atoms with Crippen LogP contribution >= 0.6 is 0 Å². The largest absolute Gasteiger partial charge is 0.494 e. The number of aryl methyl sites for hydroxylation is 1. The molecule has 0 saturated heterocycles. The summed E-state index contributed by atoms with van der Waals surface area (Å²) in [7, 11) is 3.04. The number of fused-ring (bicyclic) bond motifs is 3. The molecule has 0 fully saturated rings. The summed E-state index contributed by atoms with van der Waals surface area (Å²) >= 11 is 0. The predicted molar refractivity (Wildman–Crippen MR) is 99.4 cm³/mol. The van der Waals surface area contributed by atoms with Crippen molar-refractivity contribution in [3.8, 4) is 16.9 Å². The molecule has 2 heterocycles. The first-order valence-corrected chi connectivity index (χ1v) is 8.36. The van der Waals surface area contributed by atoms with Crippen LogP contribution in [-0.2, 0) is 13.6 Å². The van der Waals surface area contributed by atoms with E-state index in [-0.39, 0.29) is 29.2 Å². The van der Waals surface area contributed by atoms with Crippen LogP contribution in [0.25, 0.3) is 11.1 Å². The minimum atomic E-state index is -0.542. The summed E-state index contributed by atoms with van der Waals surface area (Å²) in [4.78, 5) is 16.6. The number of nitrogens with zero attached hydrogens (tertiary/aromatic N) is 2. The number of pyridine rings is 1. The molecule has 0 spiro atoms. The predicted octanol–water partition coefficient (Wildman–Crippen LogP) is 3.69. The summed E-state index contributed by atoms with van der Waals surface area (Å²) in [6, 6.07) is 10.6. The van der Waals surface area contributed by atoms with Crippen LogP contribution in [0.5, 0.6) is 5.75 Å². The average molecular weight is 366 g/mol. The van der Waals surface area contributed by atoms with Crippen LogP contribution in [0, 0.1) is 11.6 Å². The molecule has 0 amide bonds. The Bertz CT molecular complexity index is 1130. The minimum Gasteiger partial charge on any atom is -0.494 e. The van der Waals surface area contributed by atoms with E-state index in [1.54, 1.807) is 37.5 Å². The van der Waals surface area contributed by atoms with Crippen LogP contribution in [0.2, 0.25) is 0 Å². The molecule has 0 aliphatic carbocycles. The van der Waals surface area contributed by atoms with E-state index in [9.17, 15) is 9.18 Å². The molecule has 1 aromatic heterocycles. The van der Waals surface area contributed by atoms with E-state index in [2.05, 4.69) is 4.99 Å². The third-order valence-electron chi connectivity index (χ3n) is 4.69. The highest BCUT2D eigenvalue weighted by atomic mass is 19.1. The molecular formula is C21H16F2N2O2. The van der Waals surface area contributed by atoms with Gasteiger partial charge in [-0.05, 0) is 47.5 Å². The fraction of sp³-hybridized carbons (Fsp3) is 0.143. The van der Waals surface area contributed by atoms with Crippen molar-refractivity contribution in [2.75, 3.05) is 7.11 Å². The van der Waals surface area contributed by atoms with Crippen LogP contribution in [0.15, 0.2) is 58.4 Å². The maximum absolute atomic E-state index is 15.3. The Hall–Kier alpha value is -3.28. The van der Waals surface area contributed by atoms with Gasteiger partial charge in [0.15, 0.2) is 11.6 Å². The number of halogens is 2. The summed E-state index contributed by atoms with van der Waals surface area (Å²) in [5.41, 5.74) is 3.15. The van der Waals surface area contributed by atoms with Crippen molar-refractivity contribution in [3.63, 3.8) is 0 Å². The Kier molecular flexibility index (Phi) is 4.11. The second-order valence-electron chi connectivity index (χ2n) is 6.34. The first kappa shape index (κ1) is 17.1. The number of hydrogen-bond acceptors (Lipinski definition) is 3. The molecule has 2 aromatic carbocycles. The van der Waals surface area contributed by atoms with E-state index in [4.69, 9.17) is 4.74 Å². The lowest BCUT2D eigenvalue weighted by atomic mass is 9.92. The number of benzene rings is 2. The highest BCUT2D eigenvalue weighted by molar-refractivity contribution is 6.17. The molecule has 136 valence electrons. The summed E-state index contributed by atoms with van der Waals surface area (Å²) in [5, 5.41) is 0. The average Bonchev–Trinajstić information content (AvgIpc) is 2.81. The van der Waals surface area contributed by atoms with E-state index in [0.29, 0.717) is 22.4 Å². The Morgan fingerprint density at radius 2 is 1.81 bits per heavy atom. The van der Waals surface area contributed by atoms with Gasteiger partial charge < -0.3 is 9.30 Å². The molecule has 4 rings (SSSR count). The molecule has 1 aliphatic rings. The molecule has 0 radical (unpaired) electrons. The lowest BCUT2D eigenvalue weighted by Crippen LogP contribution is -2.16. The molecule has 6 heteroatoms. The topological polar surface area (TPSA) is 43.6 Å². The second kappa shape index (κ2) is 6.46. The molecule has 4 nitrogen and oxygen atoms in total.